The molecule has 2 aromatic carbocycles. The van der Waals surface area contributed by atoms with Crippen molar-refractivity contribution in [2.75, 3.05) is 25.1 Å². The van der Waals surface area contributed by atoms with Gasteiger partial charge in [0.05, 0.1) is 40.4 Å². The first-order valence-electron chi connectivity index (χ1n) is 16.7. The average molecular weight is 688 g/mol. The number of carbonyl (C=O) groups is 1. The van der Waals surface area contributed by atoms with E-state index in [2.05, 4.69) is 0 Å². The maximum absolute atomic E-state index is 14.3. The summed E-state index contributed by atoms with van der Waals surface area (Å²) in [5.41, 5.74) is -0.890. The third kappa shape index (κ3) is 6.25. The van der Waals surface area contributed by atoms with Crippen LogP contribution < -0.4 is 4.90 Å². The van der Waals surface area contributed by atoms with Gasteiger partial charge in [0.15, 0.2) is 5.71 Å². The van der Waals surface area contributed by atoms with Crippen molar-refractivity contribution >= 4 is 22.9 Å². The Morgan fingerprint density at radius 1 is 0.816 bits per heavy atom. The van der Waals surface area contributed by atoms with E-state index in [9.17, 15) is 31.1 Å². The molecule has 2 aromatic rings. The Bertz CT molecular complexity index is 1800. The molecule has 0 N–H and O–H groups in total. The van der Waals surface area contributed by atoms with Gasteiger partial charge in [-0.25, -0.2) is 0 Å². The molecule has 2 aliphatic heterocycles. The Labute approximate surface area is 284 Å². The molecule has 0 fully saturated rings. The number of ketones is 1. The number of ether oxygens (including phenoxy) is 1. The lowest BCUT2D eigenvalue weighted by Gasteiger charge is -2.30. The number of nitrogens with zero attached hydrogens (tertiary/aromatic N) is 2. The minimum absolute atomic E-state index is 0.155. The summed E-state index contributed by atoms with van der Waals surface area (Å²) < 4.78 is 93.4. The zero-order valence-corrected chi connectivity index (χ0v) is 29.6. The van der Waals surface area contributed by atoms with Crippen molar-refractivity contribution in [2.24, 2.45) is 11.8 Å². The lowest BCUT2D eigenvalue weighted by Crippen LogP contribution is -2.33. The van der Waals surface area contributed by atoms with Crippen LogP contribution in [0.15, 0.2) is 71.2 Å². The molecule has 0 saturated heterocycles. The molecule has 0 bridgehead atoms. The van der Waals surface area contributed by atoms with Gasteiger partial charge >= 0.3 is 12.4 Å². The van der Waals surface area contributed by atoms with Crippen LogP contribution in [0.5, 0.6) is 0 Å². The molecule has 49 heavy (non-hydrogen) atoms. The van der Waals surface area contributed by atoms with Crippen molar-refractivity contribution < 1.29 is 40.4 Å². The van der Waals surface area contributed by atoms with E-state index < -0.39 is 34.3 Å². The van der Waals surface area contributed by atoms with E-state index in [1.165, 1.54) is 19.2 Å². The monoisotopic (exact) mass is 687 g/mol. The second kappa shape index (κ2) is 12.5. The summed E-state index contributed by atoms with van der Waals surface area (Å²) in [6, 6.07) is 8.37. The van der Waals surface area contributed by atoms with Gasteiger partial charge in [0.1, 0.15) is 12.3 Å². The van der Waals surface area contributed by atoms with Crippen molar-refractivity contribution in [1.29, 1.82) is 0 Å². The van der Waals surface area contributed by atoms with Gasteiger partial charge in [-0.05, 0) is 61.9 Å². The van der Waals surface area contributed by atoms with E-state index >= 15 is 0 Å². The largest absolute Gasteiger partial charge is 0.495 e. The first-order chi connectivity index (χ1) is 22.6. The van der Waals surface area contributed by atoms with Crippen molar-refractivity contribution in [3.63, 3.8) is 0 Å². The van der Waals surface area contributed by atoms with Crippen molar-refractivity contribution in [2.45, 2.75) is 91.4 Å². The van der Waals surface area contributed by atoms with Crippen molar-refractivity contribution in [3.05, 3.63) is 93.4 Å². The van der Waals surface area contributed by atoms with Gasteiger partial charge in [-0.15, -0.1) is 0 Å². The number of methoxy groups -OCH3 is 1. The molecule has 4 nitrogen and oxygen atoms in total. The summed E-state index contributed by atoms with van der Waals surface area (Å²) in [7, 11) is 1.42. The van der Waals surface area contributed by atoms with Crippen LogP contribution in [-0.4, -0.2) is 36.3 Å². The number of hydrogen-bond acceptors (Lipinski definition) is 3. The summed E-state index contributed by atoms with van der Waals surface area (Å²) >= 11 is 0. The molecule has 3 aliphatic rings. The molecule has 0 atom stereocenters. The van der Waals surface area contributed by atoms with E-state index in [1.807, 2.05) is 37.2 Å². The predicted octanol–water partition coefficient (Wildman–Crippen LogP) is 10.3. The van der Waals surface area contributed by atoms with Crippen LogP contribution in [0, 0.1) is 11.8 Å². The highest BCUT2D eigenvalue weighted by atomic mass is 19.4. The van der Waals surface area contributed by atoms with E-state index in [0.717, 1.165) is 12.1 Å². The maximum Gasteiger partial charge on any atom is 0.416 e. The Morgan fingerprint density at radius 2 is 1.39 bits per heavy atom. The fraction of sp³-hybridized carbons (Fsp3) is 0.487. The van der Waals surface area contributed by atoms with Gasteiger partial charge in [-0.1, -0.05) is 53.7 Å². The van der Waals surface area contributed by atoms with Gasteiger partial charge in [-0.2, -0.15) is 30.9 Å². The second-order valence-electron chi connectivity index (χ2n) is 15.1. The molecule has 264 valence electrons. The number of hydrogen-bond donors (Lipinski definition) is 0. The summed E-state index contributed by atoms with van der Waals surface area (Å²) in [5.74, 6) is 0.429. The third-order valence-corrected chi connectivity index (χ3v) is 9.99. The fourth-order valence-corrected chi connectivity index (χ4v) is 7.47. The van der Waals surface area contributed by atoms with Crippen LogP contribution in [0.2, 0.25) is 0 Å². The van der Waals surface area contributed by atoms with Crippen LogP contribution >= 0.6 is 0 Å². The number of anilines is 1. The Morgan fingerprint density at radius 3 is 1.94 bits per heavy atom. The van der Waals surface area contributed by atoms with Crippen molar-refractivity contribution in [1.82, 2.24) is 0 Å². The zero-order valence-electron chi connectivity index (χ0n) is 29.6. The average Bonchev–Trinajstić information content (AvgIpc) is 3.34. The van der Waals surface area contributed by atoms with Crippen LogP contribution in [0.4, 0.5) is 37.7 Å². The van der Waals surface area contributed by atoms with Gasteiger partial charge in [0.25, 0.3) is 0 Å². The van der Waals surface area contributed by atoms with Crippen LogP contribution in [0.1, 0.15) is 90.5 Å². The molecule has 5 rings (SSSR count). The number of benzene rings is 2. The summed E-state index contributed by atoms with van der Waals surface area (Å²) in [5, 5.41) is 0. The summed E-state index contributed by atoms with van der Waals surface area (Å²) in [6.45, 7) is 16.0. The molecule has 0 unspecified atom stereocenters. The third-order valence-electron chi connectivity index (χ3n) is 9.99. The molecular formula is C39H45F6N2O2+. The molecular weight excluding hydrogens is 642 g/mol. The molecule has 10 heteroatoms. The minimum Gasteiger partial charge on any atom is -0.495 e. The Hall–Kier alpha value is -3.82. The van der Waals surface area contributed by atoms with Crippen molar-refractivity contribution in [3.8, 4) is 0 Å². The SMILES string of the molecule is COC1=C(/C=C2/N(CCC(C)C)c3cccc(C(F)(F)F)c3C2(C)C)C(=O)/C1=C\C1=[N+](CCC(C)C)c2cccc(C(F)(F)F)c2C1(C)C. The standard InChI is InChI=1S/C39H45F6N2O2/c1-22(2)16-18-46-28-14-10-12-26(38(40,41)42)32(28)36(5,6)30(46)20-24-34(48)25(35(24)49-9)21-31-37(7,8)33-27(39(43,44)45)13-11-15-29(33)47(31)19-17-23(3)4/h10-15,20-23H,16-19H2,1-9H3/q+1. The summed E-state index contributed by atoms with van der Waals surface area (Å²) in [6.07, 6.45) is -4.46. The molecule has 2 heterocycles. The van der Waals surface area contributed by atoms with Crippen LogP contribution in [0.25, 0.3) is 0 Å². The van der Waals surface area contributed by atoms with Crippen LogP contribution in [0.3, 0.4) is 0 Å². The van der Waals surface area contributed by atoms with Crippen LogP contribution in [-0.2, 0) is 32.7 Å². The van der Waals surface area contributed by atoms with E-state index in [1.54, 1.807) is 52.0 Å². The topological polar surface area (TPSA) is 32.5 Å². The first-order valence-corrected chi connectivity index (χ1v) is 16.7. The minimum atomic E-state index is -4.57. The molecule has 0 spiro atoms. The Balaban J connectivity index is 1.67. The van der Waals surface area contributed by atoms with E-state index in [4.69, 9.17) is 4.74 Å². The maximum atomic E-state index is 14.3. The number of halogens is 6. The van der Waals surface area contributed by atoms with Gasteiger partial charge in [-0.3, -0.25) is 4.79 Å². The van der Waals surface area contributed by atoms with E-state index in [-0.39, 0.29) is 45.7 Å². The van der Waals surface area contributed by atoms with E-state index in [0.29, 0.717) is 48.7 Å². The lowest BCUT2D eigenvalue weighted by atomic mass is 9.76. The normalized spacial score (nSPS) is 20.3. The quantitative estimate of drug-likeness (QED) is 0.149. The van der Waals surface area contributed by atoms with Gasteiger partial charge in [0, 0.05) is 41.9 Å². The number of allylic oxidation sites excluding steroid dienone is 5. The highest BCUT2D eigenvalue weighted by molar-refractivity contribution is 6.24. The molecule has 0 amide bonds. The number of fused-ring (bicyclic) bond motifs is 2. The summed E-state index contributed by atoms with van der Waals surface area (Å²) in [4.78, 5) is 15.9. The number of carbonyl (C=O) groups excluding carboxylic acids is 1. The molecule has 0 radical (unpaired) electrons. The second-order valence-corrected chi connectivity index (χ2v) is 15.1. The highest BCUT2D eigenvalue weighted by Gasteiger charge is 2.52. The number of Topliss-reactive ketones (excluding diaryl/α,β-unsaturated/α-hetero) is 1. The highest BCUT2D eigenvalue weighted by Crippen LogP contribution is 2.54. The number of rotatable bonds is 9. The number of alkyl halides is 6. The zero-order chi connectivity index (χ0) is 36.4. The molecule has 1 aliphatic carbocycles. The smallest absolute Gasteiger partial charge is 0.416 e. The predicted molar refractivity (Wildman–Crippen MR) is 180 cm³/mol. The Kier molecular flexibility index (Phi) is 9.30. The van der Waals surface area contributed by atoms with Gasteiger partial charge in [0.2, 0.25) is 11.5 Å². The molecule has 0 aromatic heterocycles. The fourth-order valence-electron chi connectivity index (χ4n) is 7.47. The first kappa shape index (κ1) is 36.5. The molecule has 0 saturated carbocycles. The van der Waals surface area contributed by atoms with Gasteiger partial charge < -0.3 is 9.64 Å². The lowest BCUT2D eigenvalue weighted by molar-refractivity contribution is -0.439.